The lowest BCUT2D eigenvalue weighted by Crippen LogP contribution is -2.37. The Hall–Kier alpha value is -1.88. The Kier molecular flexibility index (Phi) is 7.27. The van der Waals surface area contributed by atoms with Gasteiger partial charge < -0.3 is 15.1 Å². The summed E-state index contributed by atoms with van der Waals surface area (Å²) in [6.45, 7) is 7.38. The van der Waals surface area contributed by atoms with Crippen molar-refractivity contribution >= 4 is 11.8 Å². The number of carbonyl (C=O) groups is 2. The summed E-state index contributed by atoms with van der Waals surface area (Å²) >= 11 is 0. The van der Waals surface area contributed by atoms with Gasteiger partial charge in [-0.1, -0.05) is 18.6 Å². The Morgan fingerprint density at radius 2 is 1.67 bits per heavy atom. The van der Waals surface area contributed by atoms with Crippen LogP contribution in [0.4, 0.5) is 0 Å². The fourth-order valence-corrected chi connectivity index (χ4v) is 4.19. The summed E-state index contributed by atoms with van der Waals surface area (Å²) in [6, 6.07) is 8.04. The minimum Gasteiger partial charge on any atom is -0.351 e. The molecule has 0 aliphatic carbocycles. The van der Waals surface area contributed by atoms with Crippen LogP contribution in [-0.2, 0) is 11.2 Å². The molecule has 0 atom stereocenters. The molecule has 0 spiro atoms. The van der Waals surface area contributed by atoms with Crippen molar-refractivity contribution in [2.45, 2.75) is 45.4 Å². The third-order valence-electron chi connectivity index (χ3n) is 5.96. The quantitative estimate of drug-likeness (QED) is 0.836. The van der Waals surface area contributed by atoms with Gasteiger partial charge in [0.25, 0.3) is 5.91 Å². The number of piperidine rings is 2. The number of rotatable bonds is 6. The molecule has 2 amide bonds. The molecule has 1 N–H and O–H groups in total. The Bertz CT molecular complexity index is 615. The van der Waals surface area contributed by atoms with Crippen LogP contribution in [0.15, 0.2) is 24.3 Å². The van der Waals surface area contributed by atoms with Crippen molar-refractivity contribution in [2.24, 2.45) is 5.92 Å². The lowest BCUT2D eigenvalue weighted by Gasteiger charge is -2.31. The second kappa shape index (κ2) is 9.88. The number of likely N-dealkylation sites (tertiary alicyclic amines) is 2. The predicted octanol–water partition coefficient (Wildman–Crippen LogP) is 2.70. The van der Waals surface area contributed by atoms with Gasteiger partial charge in [0.2, 0.25) is 5.91 Å². The van der Waals surface area contributed by atoms with Gasteiger partial charge in [-0.05, 0) is 68.8 Å². The summed E-state index contributed by atoms with van der Waals surface area (Å²) in [5, 5.41) is 3.04. The monoisotopic (exact) mass is 371 g/mol. The van der Waals surface area contributed by atoms with E-state index in [0.29, 0.717) is 5.92 Å². The fourth-order valence-electron chi connectivity index (χ4n) is 4.19. The molecule has 0 unspecified atom stereocenters. The molecule has 1 aromatic rings. The molecular formula is C22H33N3O2. The molecule has 3 rings (SSSR count). The van der Waals surface area contributed by atoms with Crippen molar-refractivity contribution in [1.82, 2.24) is 15.1 Å². The molecule has 2 saturated heterocycles. The summed E-state index contributed by atoms with van der Waals surface area (Å²) in [7, 11) is 0. The fraction of sp³-hybridized carbons (Fsp3) is 0.636. The molecule has 2 aliphatic rings. The summed E-state index contributed by atoms with van der Waals surface area (Å²) in [5.74, 6) is 0.835. The average molecular weight is 372 g/mol. The molecule has 0 aromatic heterocycles. The van der Waals surface area contributed by atoms with Crippen LogP contribution in [-0.4, -0.2) is 60.9 Å². The van der Waals surface area contributed by atoms with E-state index in [2.05, 4.69) is 22.3 Å². The van der Waals surface area contributed by atoms with Crippen LogP contribution in [0.3, 0.4) is 0 Å². The molecule has 0 saturated carbocycles. The second-order valence-corrected chi connectivity index (χ2v) is 8.01. The third-order valence-corrected chi connectivity index (χ3v) is 5.96. The van der Waals surface area contributed by atoms with Crippen molar-refractivity contribution in [2.75, 3.05) is 39.3 Å². The van der Waals surface area contributed by atoms with Crippen molar-refractivity contribution in [3.63, 3.8) is 0 Å². The van der Waals surface area contributed by atoms with E-state index in [1.807, 2.05) is 17.0 Å². The van der Waals surface area contributed by atoms with Gasteiger partial charge in [0.05, 0.1) is 0 Å². The molecule has 5 heteroatoms. The second-order valence-electron chi connectivity index (χ2n) is 8.01. The van der Waals surface area contributed by atoms with Gasteiger partial charge in [-0.3, -0.25) is 9.59 Å². The number of benzene rings is 1. The van der Waals surface area contributed by atoms with Crippen LogP contribution in [0.2, 0.25) is 0 Å². The molecule has 1 aromatic carbocycles. The van der Waals surface area contributed by atoms with E-state index in [4.69, 9.17) is 0 Å². The average Bonchev–Trinajstić information content (AvgIpc) is 2.70. The van der Waals surface area contributed by atoms with E-state index in [9.17, 15) is 9.59 Å². The van der Waals surface area contributed by atoms with Crippen molar-refractivity contribution in [1.29, 1.82) is 0 Å². The van der Waals surface area contributed by atoms with E-state index in [0.717, 1.165) is 64.1 Å². The van der Waals surface area contributed by atoms with Gasteiger partial charge in [0.1, 0.15) is 0 Å². The first-order valence-corrected chi connectivity index (χ1v) is 10.5. The maximum Gasteiger partial charge on any atom is 0.251 e. The van der Waals surface area contributed by atoms with Crippen LogP contribution in [0.5, 0.6) is 0 Å². The van der Waals surface area contributed by atoms with Crippen molar-refractivity contribution < 1.29 is 9.59 Å². The van der Waals surface area contributed by atoms with Gasteiger partial charge in [0.15, 0.2) is 0 Å². The maximum atomic E-state index is 12.3. The number of nitrogens with one attached hydrogen (secondary N) is 1. The van der Waals surface area contributed by atoms with Crippen LogP contribution in [0.25, 0.3) is 0 Å². The van der Waals surface area contributed by atoms with Gasteiger partial charge in [-0.15, -0.1) is 0 Å². The van der Waals surface area contributed by atoms with Crippen LogP contribution >= 0.6 is 0 Å². The highest BCUT2D eigenvalue weighted by Crippen LogP contribution is 2.22. The Morgan fingerprint density at radius 3 is 2.30 bits per heavy atom. The smallest absolute Gasteiger partial charge is 0.251 e. The first-order valence-electron chi connectivity index (χ1n) is 10.5. The highest BCUT2D eigenvalue weighted by Gasteiger charge is 2.20. The molecule has 2 aliphatic heterocycles. The standard InChI is InChI=1S/C22H33N3O2/c1-18(26)25-14-9-20(10-15-25)17-19-5-7-21(8-6-19)22(27)23-11-16-24-12-3-2-4-13-24/h5-8,20H,2-4,9-17H2,1H3,(H,23,27). The summed E-state index contributed by atoms with van der Waals surface area (Å²) < 4.78 is 0. The lowest BCUT2D eigenvalue weighted by molar-refractivity contribution is -0.130. The zero-order valence-electron chi connectivity index (χ0n) is 16.6. The molecule has 2 heterocycles. The number of carbonyl (C=O) groups excluding carboxylic acids is 2. The lowest BCUT2D eigenvalue weighted by atomic mass is 9.90. The van der Waals surface area contributed by atoms with Crippen LogP contribution < -0.4 is 5.32 Å². The van der Waals surface area contributed by atoms with Gasteiger partial charge in [-0.25, -0.2) is 0 Å². The molecule has 0 bridgehead atoms. The van der Waals surface area contributed by atoms with E-state index in [1.165, 1.54) is 24.8 Å². The largest absolute Gasteiger partial charge is 0.351 e. The highest BCUT2D eigenvalue weighted by atomic mass is 16.2. The van der Waals surface area contributed by atoms with Crippen LogP contribution in [0.1, 0.15) is 54.9 Å². The minimum atomic E-state index is 0.0216. The topological polar surface area (TPSA) is 52.7 Å². The SMILES string of the molecule is CC(=O)N1CCC(Cc2ccc(C(=O)NCCN3CCCCC3)cc2)CC1. The Morgan fingerprint density at radius 1 is 1.00 bits per heavy atom. The van der Waals surface area contributed by atoms with Gasteiger partial charge >= 0.3 is 0 Å². The Labute approximate surface area is 163 Å². The van der Waals surface area contributed by atoms with E-state index < -0.39 is 0 Å². The first-order chi connectivity index (χ1) is 13.1. The molecule has 148 valence electrons. The third kappa shape index (κ3) is 6.06. The van der Waals surface area contributed by atoms with Gasteiger partial charge in [0, 0.05) is 38.7 Å². The zero-order chi connectivity index (χ0) is 19.1. The normalized spacial score (nSPS) is 19.1. The zero-order valence-corrected chi connectivity index (χ0v) is 16.6. The molecule has 2 fully saturated rings. The summed E-state index contributed by atoms with van der Waals surface area (Å²) in [5.41, 5.74) is 2.02. The van der Waals surface area contributed by atoms with Crippen LogP contribution in [0, 0.1) is 5.92 Å². The molecular weight excluding hydrogens is 338 g/mol. The summed E-state index contributed by atoms with van der Waals surface area (Å²) in [6.07, 6.45) is 7.07. The van der Waals surface area contributed by atoms with Crippen molar-refractivity contribution in [3.8, 4) is 0 Å². The number of amides is 2. The summed E-state index contributed by atoms with van der Waals surface area (Å²) in [4.78, 5) is 28.1. The first kappa shape index (κ1) is 19.9. The Balaban J connectivity index is 1.40. The van der Waals surface area contributed by atoms with Gasteiger partial charge in [-0.2, -0.15) is 0 Å². The number of hydrogen-bond acceptors (Lipinski definition) is 3. The highest BCUT2D eigenvalue weighted by molar-refractivity contribution is 5.94. The molecule has 27 heavy (non-hydrogen) atoms. The minimum absolute atomic E-state index is 0.0216. The number of hydrogen-bond donors (Lipinski definition) is 1. The molecule has 5 nitrogen and oxygen atoms in total. The predicted molar refractivity (Wildman–Crippen MR) is 108 cm³/mol. The molecule has 0 radical (unpaired) electrons. The van der Waals surface area contributed by atoms with E-state index >= 15 is 0 Å². The van der Waals surface area contributed by atoms with Crippen molar-refractivity contribution in [3.05, 3.63) is 35.4 Å². The van der Waals surface area contributed by atoms with E-state index in [1.54, 1.807) is 6.92 Å². The maximum absolute atomic E-state index is 12.3. The van der Waals surface area contributed by atoms with E-state index in [-0.39, 0.29) is 11.8 Å². The number of nitrogens with zero attached hydrogens (tertiary/aromatic N) is 2.